The normalized spacial score (nSPS) is 20.8. The SMILES string of the molecule is COc1ccc(NC(=O)CC2COCCN2)cc1S(=O)(=O)N1CCCCC1.Cl. The van der Waals surface area contributed by atoms with Gasteiger partial charge >= 0.3 is 0 Å². The van der Waals surface area contributed by atoms with Gasteiger partial charge in [0.2, 0.25) is 15.9 Å². The van der Waals surface area contributed by atoms with Crippen LogP contribution in [0.4, 0.5) is 5.69 Å². The highest BCUT2D eigenvalue weighted by atomic mass is 35.5. The molecule has 10 heteroatoms. The maximum Gasteiger partial charge on any atom is 0.246 e. The van der Waals surface area contributed by atoms with Gasteiger partial charge in [0.1, 0.15) is 10.6 Å². The Kier molecular flexibility index (Phi) is 8.51. The lowest BCUT2D eigenvalue weighted by Crippen LogP contribution is -2.43. The average Bonchev–Trinajstić information content (AvgIpc) is 2.69. The van der Waals surface area contributed by atoms with E-state index in [0.717, 1.165) is 25.8 Å². The zero-order valence-electron chi connectivity index (χ0n) is 16.0. The first kappa shape index (κ1) is 22.9. The molecule has 158 valence electrons. The second kappa shape index (κ2) is 10.4. The van der Waals surface area contributed by atoms with E-state index in [1.807, 2.05) is 0 Å². The summed E-state index contributed by atoms with van der Waals surface area (Å²) in [6.07, 6.45) is 3.02. The van der Waals surface area contributed by atoms with Crippen molar-refractivity contribution < 1.29 is 22.7 Å². The van der Waals surface area contributed by atoms with Crippen molar-refractivity contribution in [2.24, 2.45) is 0 Å². The van der Waals surface area contributed by atoms with E-state index in [0.29, 0.717) is 32.0 Å². The number of ether oxygens (including phenoxy) is 2. The van der Waals surface area contributed by atoms with Gasteiger partial charge in [-0.05, 0) is 31.0 Å². The van der Waals surface area contributed by atoms with Crippen LogP contribution in [0, 0.1) is 0 Å². The van der Waals surface area contributed by atoms with Crippen LogP contribution in [0.15, 0.2) is 23.1 Å². The zero-order valence-corrected chi connectivity index (χ0v) is 17.6. The van der Waals surface area contributed by atoms with Gasteiger partial charge in [-0.3, -0.25) is 4.79 Å². The summed E-state index contributed by atoms with van der Waals surface area (Å²) in [5.74, 6) is 0.0883. The molecule has 1 aromatic carbocycles. The molecule has 2 fully saturated rings. The number of amides is 1. The van der Waals surface area contributed by atoms with E-state index >= 15 is 0 Å². The third-order valence-corrected chi connectivity index (χ3v) is 6.73. The highest BCUT2D eigenvalue weighted by Crippen LogP contribution is 2.31. The number of nitrogens with zero attached hydrogens (tertiary/aromatic N) is 1. The van der Waals surface area contributed by atoms with Crippen molar-refractivity contribution in [2.75, 3.05) is 45.3 Å². The first-order valence-corrected chi connectivity index (χ1v) is 10.7. The van der Waals surface area contributed by atoms with Crippen molar-refractivity contribution in [1.29, 1.82) is 0 Å². The molecule has 1 unspecified atom stereocenters. The standard InChI is InChI=1S/C18H27N3O5S.ClH/c1-25-16-6-5-14(20-18(22)12-15-13-26-10-7-19-15)11-17(16)27(23,24)21-8-3-2-4-9-21;/h5-6,11,15,19H,2-4,7-10,12-13H2,1H3,(H,20,22);1H. The van der Waals surface area contributed by atoms with E-state index in [4.69, 9.17) is 9.47 Å². The first-order chi connectivity index (χ1) is 13.0. The molecule has 0 saturated carbocycles. The highest BCUT2D eigenvalue weighted by Gasteiger charge is 2.29. The number of rotatable bonds is 6. The number of sulfonamides is 1. The van der Waals surface area contributed by atoms with Crippen LogP contribution < -0.4 is 15.4 Å². The smallest absolute Gasteiger partial charge is 0.246 e. The van der Waals surface area contributed by atoms with Crippen molar-refractivity contribution in [1.82, 2.24) is 9.62 Å². The average molecular weight is 434 g/mol. The fourth-order valence-corrected chi connectivity index (χ4v) is 5.09. The van der Waals surface area contributed by atoms with Crippen LogP contribution in [0.1, 0.15) is 25.7 Å². The van der Waals surface area contributed by atoms with E-state index in [-0.39, 0.29) is 41.4 Å². The lowest BCUT2D eigenvalue weighted by atomic mass is 10.2. The Morgan fingerprint density at radius 2 is 2.07 bits per heavy atom. The Bertz CT molecular complexity index is 762. The maximum absolute atomic E-state index is 13.0. The molecule has 28 heavy (non-hydrogen) atoms. The fraction of sp³-hybridized carbons (Fsp3) is 0.611. The predicted octanol–water partition coefficient (Wildman–Crippen LogP) is 1.61. The molecule has 0 bridgehead atoms. The summed E-state index contributed by atoms with van der Waals surface area (Å²) >= 11 is 0. The molecular formula is C18H28ClN3O5S. The van der Waals surface area contributed by atoms with Crippen LogP contribution in [-0.2, 0) is 19.6 Å². The van der Waals surface area contributed by atoms with Crippen LogP contribution in [-0.4, -0.2) is 64.6 Å². The van der Waals surface area contributed by atoms with Gasteiger partial charge in [-0.2, -0.15) is 4.31 Å². The molecule has 0 aromatic heterocycles. The minimum atomic E-state index is -3.67. The summed E-state index contributed by atoms with van der Waals surface area (Å²) in [5, 5.41) is 6.01. The van der Waals surface area contributed by atoms with Crippen LogP contribution in [0.25, 0.3) is 0 Å². The van der Waals surface area contributed by atoms with Crippen LogP contribution in [0.5, 0.6) is 5.75 Å². The van der Waals surface area contributed by atoms with Crippen molar-refractivity contribution in [2.45, 2.75) is 36.6 Å². The number of hydrogen-bond acceptors (Lipinski definition) is 6. The summed E-state index contributed by atoms with van der Waals surface area (Å²) in [6.45, 7) is 2.88. The molecule has 1 amide bonds. The molecule has 2 N–H and O–H groups in total. The van der Waals surface area contributed by atoms with Crippen LogP contribution in [0.2, 0.25) is 0 Å². The van der Waals surface area contributed by atoms with Gasteiger partial charge in [0.15, 0.2) is 0 Å². The summed E-state index contributed by atoms with van der Waals surface area (Å²) in [4.78, 5) is 12.4. The third kappa shape index (κ3) is 5.57. The summed E-state index contributed by atoms with van der Waals surface area (Å²) in [5.41, 5.74) is 0.438. The summed E-state index contributed by atoms with van der Waals surface area (Å²) in [7, 11) is -2.22. The molecule has 2 saturated heterocycles. The lowest BCUT2D eigenvalue weighted by molar-refractivity contribution is -0.117. The van der Waals surface area contributed by atoms with Gasteiger partial charge in [0.05, 0.1) is 20.3 Å². The van der Waals surface area contributed by atoms with Gasteiger partial charge in [-0.1, -0.05) is 6.42 Å². The number of morpholine rings is 1. The van der Waals surface area contributed by atoms with E-state index in [9.17, 15) is 13.2 Å². The number of piperidine rings is 1. The number of hydrogen-bond donors (Lipinski definition) is 2. The molecule has 1 aromatic rings. The lowest BCUT2D eigenvalue weighted by Gasteiger charge is -2.27. The number of nitrogens with one attached hydrogen (secondary N) is 2. The summed E-state index contributed by atoms with van der Waals surface area (Å²) < 4.78 is 38.2. The van der Waals surface area contributed by atoms with Gasteiger partial charge in [-0.15, -0.1) is 12.4 Å². The third-order valence-electron chi connectivity index (χ3n) is 4.81. The second-order valence-corrected chi connectivity index (χ2v) is 8.72. The fourth-order valence-electron chi connectivity index (χ4n) is 3.39. The molecule has 2 heterocycles. The van der Waals surface area contributed by atoms with E-state index in [2.05, 4.69) is 10.6 Å². The Labute approximate surface area is 172 Å². The Morgan fingerprint density at radius 3 is 2.71 bits per heavy atom. The van der Waals surface area contributed by atoms with Gasteiger partial charge in [0, 0.05) is 37.8 Å². The monoisotopic (exact) mass is 433 g/mol. The molecular weight excluding hydrogens is 406 g/mol. The van der Waals surface area contributed by atoms with E-state index in [1.54, 1.807) is 12.1 Å². The van der Waals surface area contributed by atoms with Crippen molar-refractivity contribution >= 4 is 34.0 Å². The molecule has 3 rings (SSSR count). The molecule has 8 nitrogen and oxygen atoms in total. The van der Waals surface area contributed by atoms with Crippen LogP contribution >= 0.6 is 12.4 Å². The Hall–Kier alpha value is -1.39. The minimum Gasteiger partial charge on any atom is -0.495 e. The highest BCUT2D eigenvalue weighted by molar-refractivity contribution is 7.89. The van der Waals surface area contributed by atoms with Crippen molar-refractivity contribution in [3.05, 3.63) is 18.2 Å². The number of carbonyl (C=O) groups excluding carboxylic acids is 1. The maximum atomic E-state index is 13.0. The molecule has 2 aliphatic rings. The first-order valence-electron chi connectivity index (χ1n) is 9.30. The molecule has 1 atom stereocenters. The Balaban J connectivity index is 0.00000280. The van der Waals surface area contributed by atoms with E-state index in [1.165, 1.54) is 17.5 Å². The largest absolute Gasteiger partial charge is 0.495 e. The quantitative estimate of drug-likeness (QED) is 0.707. The van der Waals surface area contributed by atoms with E-state index < -0.39 is 10.0 Å². The topological polar surface area (TPSA) is 97.0 Å². The molecule has 2 aliphatic heterocycles. The zero-order chi connectivity index (χ0) is 19.3. The van der Waals surface area contributed by atoms with Crippen molar-refractivity contribution in [3.63, 3.8) is 0 Å². The Morgan fingerprint density at radius 1 is 1.32 bits per heavy atom. The number of halogens is 1. The molecule has 0 aliphatic carbocycles. The van der Waals surface area contributed by atoms with Crippen molar-refractivity contribution in [3.8, 4) is 5.75 Å². The van der Waals surface area contributed by atoms with Gasteiger partial charge < -0.3 is 20.1 Å². The number of benzene rings is 1. The number of carbonyl (C=O) groups is 1. The van der Waals surface area contributed by atoms with Gasteiger partial charge in [-0.25, -0.2) is 8.42 Å². The predicted molar refractivity (Wildman–Crippen MR) is 109 cm³/mol. The second-order valence-electron chi connectivity index (χ2n) is 6.81. The number of methoxy groups -OCH3 is 1. The molecule has 0 radical (unpaired) electrons. The summed E-state index contributed by atoms with van der Waals surface area (Å²) in [6, 6.07) is 4.67. The van der Waals surface area contributed by atoms with Gasteiger partial charge in [0.25, 0.3) is 0 Å². The number of anilines is 1. The minimum absolute atomic E-state index is 0. The van der Waals surface area contributed by atoms with Crippen LogP contribution in [0.3, 0.4) is 0 Å². The molecule has 0 spiro atoms.